The molecule has 0 saturated heterocycles. The summed E-state index contributed by atoms with van der Waals surface area (Å²) >= 11 is 0. The van der Waals surface area contributed by atoms with Gasteiger partial charge in [-0.2, -0.15) is 0 Å². The van der Waals surface area contributed by atoms with Gasteiger partial charge in [-0.1, -0.05) is 68.5 Å². The molecule has 0 radical (unpaired) electrons. The van der Waals surface area contributed by atoms with Crippen LogP contribution < -0.4 is 0 Å². The van der Waals surface area contributed by atoms with Crippen molar-refractivity contribution in [1.29, 1.82) is 0 Å². The predicted octanol–water partition coefficient (Wildman–Crippen LogP) is 5.53. The van der Waals surface area contributed by atoms with Crippen LogP contribution in [0.25, 0.3) is 0 Å². The van der Waals surface area contributed by atoms with Gasteiger partial charge in [-0.3, -0.25) is 0 Å². The van der Waals surface area contributed by atoms with E-state index in [2.05, 4.69) is 49.3 Å². The minimum absolute atomic E-state index is 0.485. The molecule has 0 spiro atoms. The van der Waals surface area contributed by atoms with Gasteiger partial charge in [-0.25, -0.2) is 0 Å². The monoisotopic (exact) mass is 246 g/mol. The standard InChI is InChI=1S/C13H26S2/c1-5-14-15-13(11-12(2,3)4)9-7-6-8-10-13/h5-11H2,1-4H3. The second-order valence-corrected chi connectivity index (χ2v) is 9.02. The topological polar surface area (TPSA) is 0 Å². The van der Waals surface area contributed by atoms with Gasteiger partial charge < -0.3 is 0 Å². The quantitative estimate of drug-likeness (QED) is 0.598. The molecule has 1 saturated carbocycles. The van der Waals surface area contributed by atoms with E-state index in [0.29, 0.717) is 10.2 Å². The Bertz CT molecular complexity index is 175. The Kier molecular flexibility index (Phi) is 5.38. The first kappa shape index (κ1) is 13.8. The summed E-state index contributed by atoms with van der Waals surface area (Å²) in [5, 5.41) is 0. The Balaban J connectivity index is 2.58. The Morgan fingerprint density at radius 3 is 2.13 bits per heavy atom. The number of hydrogen-bond donors (Lipinski definition) is 0. The van der Waals surface area contributed by atoms with Gasteiger partial charge in [0.05, 0.1) is 0 Å². The lowest BCUT2D eigenvalue weighted by atomic mass is 9.77. The van der Waals surface area contributed by atoms with Crippen molar-refractivity contribution >= 4 is 21.6 Å². The van der Waals surface area contributed by atoms with E-state index < -0.39 is 0 Å². The van der Waals surface area contributed by atoms with Crippen molar-refractivity contribution in [3.05, 3.63) is 0 Å². The molecule has 2 heteroatoms. The number of rotatable bonds is 4. The van der Waals surface area contributed by atoms with Crippen LogP contribution in [0.4, 0.5) is 0 Å². The van der Waals surface area contributed by atoms with E-state index in [1.165, 1.54) is 44.3 Å². The Hall–Kier alpha value is 0.700. The molecule has 0 aromatic heterocycles. The summed E-state index contributed by atoms with van der Waals surface area (Å²) in [6.07, 6.45) is 8.64. The lowest BCUT2D eigenvalue weighted by Gasteiger charge is -2.40. The second-order valence-electron chi connectivity index (χ2n) is 5.97. The van der Waals surface area contributed by atoms with Gasteiger partial charge in [0, 0.05) is 10.5 Å². The maximum absolute atomic E-state index is 2.39. The van der Waals surface area contributed by atoms with Gasteiger partial charge in [0.1, 0.15) is 0 Å². The summed E-state index contributed by atoms with van der Waals surface area (Å²) in [4.78, 5) is 0. The highest BCUT2D eigenvalue weighted by Gasteiger charge is 2.36. The van der Waals surface area contributed by atoms with Gasteiger partial charge in [-0.15, -0.1) is 0 Å². The van der Waals surface area contributed by atoms with Crippen LogP contribution in [0, 0.1) is 5.41 Å². The zero-order valence-electron chi connectivity index (χ0n) is 10.8. The van der Waals surface area contributed by atoms with Crippen LogP contribution in [-0.2, 0) is 0 Å². The van der Waals surface area contributed by atoms with Crippen LogP contribution in [-0.4, -0.2) is 10.5 Å². The van der Waals surface area contributed by atoms with Gasteiger partial charge in [0.25, 0.3) is 0 Å². The van der Waals surface area contributed by atoms with E-state index in [1.807, 2.05) is 0 Å². The fourth-order valence-electron chi connectivity index (χ4n) is 2.64. The minimum atomic E-state index is 0.485. The highest BCUT2D eigenvalue weighted by atomic mass is 33.1. The summed E-state index contributed by atoms with van der Waals surface area (Å²) in [6.45, 7) is 9.44. The van der Waals surface area contributed by atoms with Crippen LogP contribution >= 0.6 is 21.6 Å². The third-order valence-corrected chi connectivity index (χ3v) is 6.35. The number of hydrogen-bond acceptors (Lipinski definition) is 2. The fraction of sp³-hybridized carbons (Fsp3) is 1.00. The fourth-order valence-corrected chi connectivity index (χ4v) is 5.73. The Morgan fingerprint density at radius 2 is 1.67 bits per heavy atom. The molecular weight excluding hydrogens is 220 g/mol. The summed E-state index contributed by atoms with van der Waals surface area (Å²) < 4.78 is 0.594. The van der Waals surface area contributed by atoms with Gasteiger partial charge in [0.2, 0.25) is 0 Å². The normalized spacial score (nSPS) is 21.6. The Morgan fingerprint density at radius 1 is 1.07 bits per heavy atom. The van der Waals surface area contributed by atoms with Gasteiger partial charge in [-0.05, 0) is 24.7 Å². The molecule has 0 N–H and O–H groups in total. The summed E-state index contributed by atoms with van der Waals surface area (Å²) in [7, 11) is 4.26. The van der Waals surface area contributed by atoms with Crippen molar-refractivity contribution < 1.29 is 0 Å². The van der Waals surface area contributed by atoms with Crippen LogP contribution in [0.15, 0.2) is 0 Å². The lowest BCUT2D eigenvalue weighted by Crippen LogP contribution is -2.32. The zero-order chi connectivity index (χ0) is 11.4. The molecule has 15 heavy (non-hydrogen) atoms. The molecule has 0 heterocycles. The molecular formula is C13H26S2. The molecule has 0 bridgehead atoms. The summed E-state index contributed by atoms with van der Waals surface area (Å²) in [6, 6.07) is 0. The predicted molar refractivity (Wildman–Crippen MR) is 75.6 cm³/mol. The molecule has 0 nitrogen and oxygen atoms in total. The molecule has 0 aromatic rings. The van der Waals surface area contributed by atoms with E-state index in [1.54, 1.807) is 0 Å². The van der Waals surface area contributed by atoms with Crippen LogP contribution in [0.5, 0.6) is 0 Å². The highest BCUT2D eigenvalue weighted by Crippen LogP contribution is 2.51. The van der Waals surface area contributed by atoms with E-state index in [0.717, 1.165) is 0 Å². The summed E-state index contributed by atoms with van der Waals surface area (Å²) in [5.74, 6) is 1.25. The first-order valence-corrected chi connectivity index (χ1v) is 8.60. The molecule has 1 rings (SSSR count). The van der Waals surface area contributed by atoms with E-state index in [9.17, 15) is 0 Å². The van der Waals surface area contributed by atoms with Crippen LogP contribution in [0.2, 0.25) is 0 Å². The van der Waals surface area contributed by atoms with Gasteiger partial charge in [0.15, 0.2) is 0 Å². The molecule has 1 fully saturated rings. The largest absolute Gasteiger partial charge is 0.0939 e. The smallest absolute Gasteiger partial charge is 0.0268 e. The third kappa shape index (κ3) is 5.04. The minimum Gasteiger partial charge on any atom is -0.0939 e. The third-order valence-electron chi connectivity index (χ3n) is 2.97. The van der Waals surface area contributed by atoms with E-state index in [-0.39, 0.29) is 0 Å². The van der Waals surface area contributed by atoms with Crippen molar-refractivity contribution in [3.8, 4) is 0 Å². The van der Waals surface area contributed by atoms with E-state index >= 15 is 0 Å². The second kappa shape index (κ2) is 5.86. The molecule has 0 atom stereocenters. The molecule has 1 aliphatic rings. The first-order valence-electron chi connectivity index (χ1n) is 6.28. The Labute approximate surface area is 104 Å². The van der Waals surface area contributed by atoms with Crippen LogP contribution in [0.3, 0.4) is 0 Å². The molecule has 90 valence electrons. The zero-order valence-corrected chi connectivity index (χ0v) is 12.4. The first-order chi connectivity index (χ1) is 6.97. The van der Waals surface area contributed by atoms with Gasteiger partial charge >= 0.3 is 0 Å². The molecule has 0 aromatic carbocycles. The molecule has 0 aliphatic heterocycles. The summed E-state index contributed by atoms with van der Waals surface area (Å²) in [5.41, 5.74) is 0.485. The maximum Gasteiger partial charge on any atom is 0.0268 e. The van der Waals surface area contributed by atoms with Crippen molar-refractivity contribution in [2.24, 2.45) is 5.41 Å². The van der Waals surface area contributed by atoms with Crippen molar-refractivity contribution in [3.63, 3.8) is 0 Å². The molecule has 0 amide bonds. The average molecular weight is 246 g/mol. The SMILES string of the molecule is CCSSC1(CC(C)(C)C)CCCCC1. The van der Waals surface area contributed by atoms with Crippen LogP contribution in [0.1, 0.15) is 66.2 Å². The highest BCUT2D eigenvalue weighted by molar-refractivity contribution is 8.77. The van der Waals surface area contributed by atoms with Crippen molar-refractivity contribution in [1.82, 2.24) is 0 Å². The molecule has 0 unspecified atom stereocenters. The van der Waals surface area contributed by atoms with Crippen molar-refractivity contribution in [2.45, 2.75) is 71.0 Å². The molecule has 1 aliphatic carbocycles. The lowest BCUT2D eigenvalue weighted by molar-refractivity contribution is 0.269. The van der Waals surface area contributed by atoms with E-state index in [4.69, 9.17) is 0 Å². The van der Waals surface area contributed by atoms with Crippen molar-refractivity contribution in [2.75, 3.05) is 5.75 Å². The maximum atomic E-state index is 2.39. The average Bonchev–Trinajstić information content (AvgIpc) is 2.14.